The second-order valence-corrected chi connectivity index (χ2v) is 2.99. The van der Waals surface area contributed by atoms with Crippen molar-refractivity contribution in [1.82, 2.24) is 4.98 Å². The van der Waals surface area contributed by atoms with Crippen molar-refractivity contribution in [2.75, 3.05) is 0 Å². The van der Waals surface area contributed by atoms with Gasteiger partial charge in [0.05, 0.1) is 5.52 Å². The summed E-state index contributed by atoms with van der Waals surface area (Å²) >= 11 is 0. The minimum atomic E-state index is -0.586. The molecule has 0 saturated carbocycles. The molecular formula is C10H10FNO. The number of nitrogens with one attached hydrogen (secondary N) is 1. The fraction of sp³-hybridized carbons (Fsp3) is 0.200. The molecule has 1 heterocycles. The maximum atomic E-state index is 12.9. The van der Waals surface area contributed by atoms with Gasteiger partial charge in [0.1, 0.15) is 0 Å². The molecule has 0 unspecified atom stereocenters. The standard InChI is InChI=1S/C10H10FNO/c1-2-6-5-12-9-7(6)3-4-8(11)10(9)13/h3-5,12-13H,2H2,1H3. The van der Waals surface area contributed by atoms with Crippen molar-refractivity contribution in [3.63, 3.8) is 0 Å². The zero-order chi connectivity index (χ0) is 9.42. The molecule has 0 aliphatic rings. The molecule has 0 atom stereocenters. The molecular weight excluding hydrogens is 169 g/mol. The second kappa shape index (κ2) is 2.76. The maximum absolute atomic E-state index is 12.9. The molecule has 1 aromatic heterocycles. The van der Waals surface area contributed by atoms with E-state index in [1.165, 1.54) is 6.07 Å². The molecule has 2 nitrogen and oxygen atoms in total. The summed E-state index contributed by atoms with van der Waals surface area (Å²) in [5.41, 5.74) is 1.57. The lowest BCUT2D eigenvalue weighted by atomic mass is 10.1. The normalized spacial score (nSPS) is 10.9. The Morgan fingerprint density at radius 2 is 2.23 bits per heavy atom. The number of aryl methyl sites for hydroxylation is 1. The quantitative estimate of drug-likeness (QED) is 0.693. The van der Waals surface area contributed by atoms with Gasteiger partial charge in [-0.1, -0.05) is 6.92 Å². The van der Waals surface area contributed by atoms with Crippen molar-refractivity contribution in [1.29, 1.82) is 0 Å². The largest absolute Gasteiger partial charge is 0.503 e. The smallest absolute Gasteiger partial charge is 0.175 e. The average Bonchev–Trinajstić information content (AvgIpc) is 2.55. The molecule has 2 aromatic rings. The molecule has 3 heteroatoms. The Labute approximate surface area is 75.0 Å². The van der Waals surface area contributed by atoms with Crippen LogP contribution in [0.4, 0.5) is 4.39 Å². The Hall–Kier alpha value is -1.51. The third-order valence-electron chi connectivity index (χ3n) is 2.25. The molecule has 13 heavy (non-hydrogen) atoms. The topological polar surface area (TPSA) is 36.0 Å². The molecule has 0 radical (unpaired) electrons. The summed E-state index contributed by atoms with van der Waals surface area (Å²) in [4.78, 5) is 2.86. The Morgan fingerprint density at radius 1 is 1.46 bits per heavy atom. The first-order valence-corrected chi connectivity index (χ1v) is 4.21. The molecule has 0 spiro atoms. The molecule has 0 saturated heterocycles. The van der Waals surface area contributed by atoms with Crippen molar-refractivity contribution in [3.05, 3.63) is 29.7 Å². The highest BCUT2D eigenvalue weighted by Crippen LogP contribution is 2.28. The molecule has 0 bridgehead atoms. The van der Waals surface area contributed by atoms with Crippen molar-refractivity contribution in [3.8, 4) is 5.75 Å². The van der Waals surface area contributed by atoms with Crippen LogP contribution in [0.25, 0.3) is 10.9 Å². The number of halogens is 1. The summed E-state index contributed by atoms with van der Waals surface area (Å²) in [5.74, 6) is -0.880. The third-order valence-corrected chi connectivity index (χ3v) is 2.25. The van der Waals surface area contributed by atoms with E-state index in [0.29, 0.717) is 5.52 Å². The van der Waals surface area contributed by atoms with Gasteiger partial charge in [-0.05, 0) is 24.1 Å². The number of aromatic hydroxyl groups is 1. The fourth-order valence-corrected chi connectivity index (χ4v) is 1.51. The molecule has 1 aromatic carbocycles. The summed E-state index contributed by atoms with van der Waals surface area (Å²) in [6.45, 7) is 2.02. The van der Waals surface area contributed by atoms with Crippen LogP contribution in [0.3, 0.4) is 0 Å². The number of aromatic nitrogens is 1. The number of phenolic OH excluding ortho intramolecular Hbond substituents is 1. The predicted molar refractivity (Wildman–Crippen MR) is 49.3 cm³/mol. The van der Waals surface area contributed by atoms with E-state index >= 15 is 0 Å². The van der Waals surface area contributed by atoms with Crippen molar-refractivity contribution in [2.45, 2.75) is 13.3 Å². The van der Waals surface area contributed by atoms with Crippen molar-refractivity contribution >= 4 is 10.9 Å². The SMILES string of the molecule is CCc1c[nH]c2c(O)c(F)ccc12. The van der Waals surface area contributed by atoms with Gasteiger partial charge in [0.25, 0.3) is 0 Å². The van der Waals surface area contributed by atoms with Crippen LogP contribution in [0, 0.1) is 5.82 Å². The summed E-state index contributed by atoms with van der Waals surface area (Å²) in [5, 5.41) is 10.3. The molecule has 68 valence electrons. The second-order valence-electron chi connectivity index (χ2n) is 2.99. The molecule has 2 N–H and O–H groups in total. The van der Waals surface area contributed by atoms with Crippen LogP contribution in [-0.2, 0) is 6.42 Å². The van der Waals surface area contributed by atoms with E-state index in [2.05, 4.69) is 4.98 Å². The first-order chi connectivity index (χ1) is 6.24. The van der Waals surface area contributed by atoms with Gasteiger partial charge in [0, 0.05) is 11.6 Å². The van der Waals surface area contributed by atoms with E-state index in [1.807, 2.05) is 6.92 Å². The molecule has 2 rings (SSSR count). The summed E-state index contributed by atoms with van der Waals surface area (Å²) in [7, 11) is 0. The van der Waals surface area contributed by atoms with Crippen LogP contribution in [0.1, 0.15) is 12.5 Å². The number of aromatic amines is 1. The lowest BCUT2D eigenvalue weighted by molar-refractivity contribution is 0.438. The maximum Gasteiger partial charge on any atom is 0.175 e. The van der Waals surface area contributed by atoms with E-state index in [-0.39, 0.29) is 5.75 Å². The Kier molecular flexibility index (Phi) is 1.72. The number of rotatable bonds is 1. The lowest BCUT2D eigenvalue weighted by Crippen LogP contribution is -1.79. The van der Waals surface area contributed by atoms with Gasteiger partial charge in [-0.3, -0.25) is 0 Å². The highest BCUT2D eigenvalue weighted by Gasteiger charge is 2.09. The van der Waals surface area contributed by atoms with Gasteiger partial charge in [-0.15, -0.1) is 0 Å². The zero-order valence-electron chi connectivity index (χ0n) is 7.26. The highest BCUT2D eigenvalue weighted by atomic mass is 19.1. The molecule has 0 fully saturated rings. The summed E-state index contributed by atoms with van der Waals surface area (Å²) in [6.07, 6.45) is 2.66. The fourth-order valence-electron chi connectivity index (χ4n) is 1.51. The summed E-state index contributed by atoms with van der Waals surface area (Å²) < 4.78 is 12.9. The van der Waals surface area contributed by atoms with E-state index in [4.69, 9.17) is 0 Å². The summed E-state index contributed by atoms with van der Waals surface area (Å²) in [6, 6.07) is 2.96. The van der Waals surface area contributed by atoms with Gasteiger partial charge in [-0.2, -0.15) is 0 Å². The van der Waals surface area contributed by atoms with E-state index < -0.39 is 5.82 Å². The van der Waals surface area contributed by atoms with Crippen LogP contribution < -0.4 is 0 Å². The van der Waals surface area contributed by atoms with Crippen molar-refractivity contribution in [2.24, 2.45) is 0 Å². The minimum Gasteiger partial charge on any atom is -0.503 e. The Morgan fingerprint density at radius 3 is 2.92 bits per heavy atom. The third kappa shape index (κ3) is 1.08. The van der Waals surface area contributed by atoms with Crippen molar-refractivity contribution < 1.29 is 9.50 Å². The van der Waals surface area contributed by atoms with Crippen LogP contribution in [0.5, 0.6) is 5.75 Å². The van der Waals surface area contributed by atoms with Gasteiger partial charge < -0.3 is 10.1 Å². The van der Waals surface area contributed by atoms with E-state index in [9.17, 15) is 9.50 Å². The number of hydrogen-bond donors (Lipinski definition) is 2. The Balaban J connectivity index is 2.81. The van der Waals surface area contributed by atoms with Crippen LogP contribution in [0.15, 0.2) is 18.3 Å². The first kappa shape index (κ1) is 8.10. The zero-order valence-corrected chi connectivity index (χ0v) is 7.26. The molecule has 0 amide bonds. The monoisotopic (exact) mass is 179 g/mol. The van der Waals surface area contributed by atoms with E-state index in [1.54, 1.807) is 12.3 Å². The number of hydrogen-bond acceptors (Lipinski definition) is 1. The Bertz CT molecular complexity index is 447. The molecule has 0 aliphatic heterocycles. The molecule has 0 aliphatic carbocycles. The number of phenols is 1. The predicted octanol–water partition coefficient (Wildman–Crippen LogP) is 2.58. The van der Waals surface area contributed by atoms with Gasteiger partial charge in [0.2, 0.25) is 0 Å². The number of benzene rings is 1. The van der Waals surface area contributed by atoms with Crippen LogP contribution >= 0.6 is 0 Å². The van der Waals surface area contributed by atoms with Gasteiger partial charge >= 0.3 is 0 Å². The first-order valence-electron chi connectivity index (χ1n) is 4.21. The lowest BCUT2D eigenvalue weighted by Gasteiger charge is -1.97. The van der Waals surface area contributed by atoms with Crippen LogP contribution in [0.2, 0.25) is 0 Å². The van der Waals surface area contributed by atoms with Crippen LogP contribution in [-0.4, -0.2) is 10.1 Å². The number of fused-ring (bicyclic) bond motifs is 1. The minimum absolute atomic E-state index is 0.294. The van der Waals surface area contributed by atoms with Gasteiger partial charge in [-0.25, -0.2) is 4.39 Å². The number of H-pyrrole nitrogens is 1. The van der Waals surface area contributed by atoms with Gasteiger partial charge in [0.15, 0.2) is 11.6 Å². The average molecular weight is 179 g/mol. The van der Waals surface area contributed by atoms with E-state index in [0.717, 1.165) is 17.4 Å². The highest BCUT2D eigenvalue weighted by molar-refractivity contribution is 5.88.